The number of aromatic nitrogens is 2. The first-order valence-electron chi connectivity index (χ1n) is 7.30. The standard InChI is InChI=1S/C15H21N3OS/c1-2-3-15-17-13-10-11(16)4-5-14(13)18(15)12-6-8-20(19)9-7-12/h4-5,10,12H,2-3,6-9,16H2,1H3. The van der Waals surface area contributed by atoms with E-state index in [4.69, 9.17) is 10.7 Å². The van der Waals surface area contributed by atoms with Crippen molar-refractivity contribution in [3.05, 3.63) is 24.0 Å². The average Bonchev–Trinajstić information content (AvgIpc) is 2.77. The van der Waals surface area contributed by atoms with Crippen LogP contribution in [0.3, 0.4) is 0 Å². The summed E-state index contributed by atoms with van der Waals surface area (Å²) in [6, 6.07) is 6.40. The topological polar surface area (TPSA) is 60.9 Å². The van der Waals surface area contributed by atoms with E-state index in [2.05, 4.69) is 17.6 Å². The monoisotopic (exact) mass is 291 g/mol. The van der Waals surface area contributed by atoms with E-state index >= 15 is 0 Å². The minimum Gasteiger partial charge on any atom is -0.399 e. The first-order valence-corrected chi connectivity index (χ1v) is 8.79. The van der Waals surface area contributed by atoms with Gasteiger partial charge in [-0.1, -0.05) is 6.92 Å². The van der Waals surface area contributed by atoms with Crippen LogP contribution in [0.1, 0.15) is 38.1 Å². The molecule has 0 amide bonds. The van der Waals surface area contributed by atoms with Crippen LogP contribution in [0.15, 0.2) is 18.2 Å². The predicted octanol–water partition coefficient (Wildman–Crippen LogP) is 2.65. The van der Waals surface area contributed by atoms with Crippen molar-refractivity contribution in [3.63, 3.8) is 0 Å². The number of hydrogen-bond donors (Lipinski definition) is 1. The molecule has 1 fully saturated rings. The Bertz CT molecular complexity index is 640. The summed E-state index contributed by atoms with van der Waals surface area (Å²) in [6.07, 6.45) is 4.03. The average molecular weight is 291 g/mol. The zero-order valence-corrected chi connectivity index (χ0v) is 12.7. The zero-order valence-electron chi connectivity index (χ0n) is 11.8. The number of fused-ring (bicyclic) bond motifs is 1. The van der Waals surface area contributed by atoms with Gasteiger partial charge in [-0.3, -0.25) is 4.21 Å². The number of benzene rings is 1. The third kappa shape index (κ3) is 2.46. The van der Waals surface area contributed by atoms with Crippen molar-refractivity contribution in [2.45, 2.75) is 38.6 Å². The zero-order chi connectivity index (χ0) is 14.1. The number of rotatable bonds is 3. The van der Waals surface area contributed by atoms with Gasteiger partial charge in [-0.2, -0.15) is 0 Å². The second-order valence-corrected chi connectivity index (χ2v) is 7.17. The summed E-state index contributed by atoms with van der Waals surface area (Å²) in [6.45, 7) is 2.17. The van der Waals surface area contributed by atoms with Crippen molar-refractivity contribution < 1.29 is 4.21 Å². The van der Waals surface area contributed by atoms with Crippen LogP contribution in [0.2, 0.25) is 0 Å². The summed E-state index contributed by atoms with van der Waals surface area (Å²) < 4.78 is 13.9. The molecule has 2 aromatic rings. The second kappa shape index (κ2) is 5.56. The number of aryl methyl sites for hydroxylation is 1. The van der Waals surface area contributed by atoms with Gasteiger partial charge in [0.15, 0.2) is 0 Å². The van der Waals surface area contributed by atoms with Gasteiger partial charge in [0, 0.05) is 40.5 Å². The van der Waals surface area contributed by atoms with Gasteiger partial charge in [0.25, 0.3) is 0 Å². The van der Waals surface area contributed by atoms with Crippen LogP contribution in [0, 0.1) is 0 Å². The van der Waals surface area contributed by atoms with Crippen molar-refractivity contribution in [2.24, 2.45) is 0 Å². The molecule has 0 aliphatic carbocycles. The Kier molecular flexibility index (Phi) is 3.78. The first kappa shape index (κ1) is 13.6. The maximum Gasteiger partial charge on any atom is 0.110 e. The highest BCUT2D eigenvalue weighted by Crippen LogP contribution is 2.30. The molecule has 3 rings (SSSR count). The van der Waals surface area contributed by atoms with Crippen LogP contribution < -0.4 is 5.73 Å². The number of hydrogen-bond acceptors (Lipinski definition) is 3. The van der Waals surface area contributed by atoms with Gasteiger partial charge >= 0.3 is 0 Å². The fourth-order valence-electron chi connectivity index (χ4n) is 3.01. The van der Waals surface area contributed by atoms with Crippen LogP contribution in [-0.2, 0) is 17.2 Å². The summed E-state index contributed by atoms with van der Waals surface area (Å²) in [5.74, 6) is 2.77. The highest BCUT2D eigenvalue weighted by Gasteiger charge is 2.23. The molecule has 108 valence electrons. The lowest BCUT2D eigenvalue weighted by Gasteiger charge is -2.25. The van der Waals surface area contributed by atoms with Crippen molar-refractivity contribution in [2.75, 3.05) is 17.2 Å². The van der Waals surface area contributed by atoms with E-state index in [0.29, 0.717) is 6.04 Å². The van der Waals surface area contributed by atoms with E-state index in [0.717, 1.165) is 54.2 Å². The largest absolute Gasteiger partial charge is 0.399 e. The Morgan fingerprint density at radius 2 is 2.15 bits per heavy atom. The molecule has 2 heterocycles. The quantitative estimate of drug-likeness (QED) is 0.884. The van der Waals surface area contributed by atoms with E-state index in [1.165, 1.54) is 5.52 Å². The summed E-state index contributed by atoms with van der Waals surface area (Å²) in [5, 5.41) is 0. The lowest BCUT2D eigenvalue weighted by Crippen LogP contribution is -2.23. The smallest absolute Gasteiger partial charge is 0.110 e. The Hall–Kier alpha value is -1.36. The number of nitrogen functional groups attached to an aromatic ring is 1. The Balaban J connectivity index is 2.06. The molecule has 0 atom stereocenters. The molecule has 5 heteroatoms. The Labute approximate surface area is 121 Å². The third-order valence-corrected chi connectivity index (χ3v) is 5.36. The number of nitrogens with two attached hydrogens (primary N) is 1. The van der Waals surface area contributed by atoms with Crippen molar-refractivity contribution in [3.8, 4) is 0 Å². The van der Waals surface area contributed by atoms with Gasteiger partial charge in [-0.15, -0.1) is 0 Å². The minimum atomic E-state index is -0.624. The van der Waals surface area contributed by atoms with Crippen LogP contribution in [0.5, 0.6) is 0 Å². The molecule has 4 nitrogen and oxygen atoms in total. The first-order chi connectivity index (χ1) is 9.69. The van der Waals surface area contributed by atoms with Gasteiger partial charge < -0.3 is 10.3 Å². The lowest BCUT2D eigenvalue weighted by atomic mass is 10.1. The van der Waals surface area contributed by atoms with Crippen LogP contribution >= 0.6 is 0 Å². The van der Waals surface area contributed by atoms with Gasteiger partial charge in [0.1, 0.15) is 5.82 Å². The molecular weight excluding hydrogens is 270 g/mol. The van der Waals surface area contributed by atoms with E-state index in [1.54, 1.807) is 0 Å². The molecule has 0 unspecified atom stereocenters. The molecule has 0 saturated carbocycles. The van der Waals surface area contributed by atoms with E-state index < -0.39 is 10.8 Å². The van der Waals surface area contributed by atoms with E-state index in [9.17, 15) is 4.21 Å². The van der Waals surface area contributed by atoms with E-state index in [1.807, 2.05) is 12.1 Å². The summed E-state index contributed by atoms with van der Waals surface area (Å²) >= 11 is 0. The SMILES string of the molecule is CCCc1nc2cc(N)ccc2n1C1CCS(=O)CC1. The van der Waals surface area contributed by atoms with Crippen LogP contribution in [0.25, 0.3) is 11.0 Å². The van der Waals surface area contributed by atoms with Crippen LogP contribution in [-0.4, -0.2) is 25.3 Å². The molecule has 0 radical (unpaired) electrons. The highest BCUT2D eigenvalue weighted by atomic mass is 32.2. The summed E-state index contributed by atoms with van der Waals surface area (Å²) in [7, 11) is -0.624. The van der Waals surface area contributed by atoms with Gasteiger partial charge in [-0.25, -0.2) is 4.98 Å². The maximum absolute atomic E-state index is 11.6. The normalized spacial score (nSPS) is 23.2. The Morgan fingerprint density at radius 1 is 1.40 bits per heavy atom. The summed E-state index contributed by atoms with van der Waals surface area (Å²) in [5.41, 5.74) is 8.78. The molecule has 1 aromatic heterocycles. The van der Waals surface area contributed by atoms with Gasteiger partial charge in [0.05, 0.1) is 11.0 Å². The molecule has 2 N–H and O–H groups in total. The van der Waals surface area contributed by atoms with Gasteiger partial charge in [0.2, 0.25) is 0 Å². The lowest BCUT2D eigenvalue weighted by molar-refractivity contribution is 0.456. The van der Waals surface area contributed by atoms with E-state index in [-0.39, 0.29) is 0 Å². The van der Waals surface area contributed by atoms with Crippen molar-refractivity contribution in [1.82, 2.24) is 9.55 Å². The number of nitrogens with zero attached hydrogens (tertiary/aromatic N) is 2. The summed E-state index contributed by atoms with van der Waals surface area (Å²) in [4.78, 5) is 4.76. The molecule has 20 heavy (non-hydrogen) atoms. The third-order valence-electron chi connectivity index (χ3n) is 3.98. The molecule has 1 aromatic carbocycles. The van der Waals surface area contributed by atoms with Gasteiger partial charge in [-0.05, 0) is 37.5 Å². The van der Waals surface area contributed by atoms with Crippen LogP contribution in [0.4, 0.5) is 5.69 Å². The number of imidazole rings is 1. The highest BCUT2D eigenvalue weighted by molar-refractivity contribution is 7.85. The van der Waals surface area contributed by atoms with Crippen molar-refractivity contribution >= 4 is 27.5 Å². The second-order valence-electron chi connectivity index (χ2n) is 5.48. The number of anilines is 1. The molecule has 1 aliphatic heterocycles. The Morgan fingerprint density at radius 3 is 2.85 bits per heavy atom. The maximum atomic E-state index is 11.6. The predicted molar refractivity (Wildman–Crippen MR) is 84.3 cm³/mol. The molecule has 0 bridgehead atoms. The fraction of sp³-hybridized carbons (Fsp3) is 0.533. The molecule has 1 saturated heterocycles. The van der Waals surface area contributed by atoms with Crippen molar-refractivity contribution in [1.29, 1.82) is 0 Å². The molecule has 0 spiro atoms. The fourth-order valence-corrected chi connectivity index (χ4v) is 4.29. The minimum absolute atomic E-state index is 0.433. The molecular formula is C15H21N3OS. The molecule has 1 aliphatic rings.